The molecule has 5 rings (SSSR count). The molecular weight excluding hydrogens is 380 g/mol. The number of carbonyl (C=O) groups excluding carboxylic acids is 1. The molecule has 30 heavy (non-hydrogen) atoms. The fourth-order valence-corrected chi connectivity index (χ4v) is 4.59. The smallest absolute Gasteiger partial charge is 0.339 e. The standard InChI is InChI=1S/C24H24N2O4/c1-14-21(7-6-19-18-4-3-5-20(18)24(28)30-22(14)19)29-15(2)23(27)26-12-17(13-26)16-8-10-25-11-9-16/h6-11,15,17H,3-5,12-13H2,1-2H3. The number of ether oxygens (including phenoxy) is 1. The quantitative estimate of drug-likeness (QED) is 0.624. The highest BCUT2D eigenvalue weighted by atomic mass is 16.5. The van der Waals surface area contributed by atoms with Crippen molar-refractivity contribution in [1.82, 2.24) is 9.88 Å². The maximum absolute atomic E-state index is 12.8. The Morgan fingerprint density at radius 2 is 1.90 bits per heavy atom. The summed E-state index contributed by atoms with van der Waals surface area (Å²) >= 11 is 0. The first-order valence-electron chi connectivity index (χ1n) is 10.5. The van der Waals surface area contributed by atoms with Gasteiger partial charge in [0.25, 0.3) is 5.91 Å². The second-order valence-electron chi connectivity index (χ2n) is 8.25. The Bertz CT molecular complexity index is 1180. The molecule has 1 amide bonds. The minimum atomic E-state index is -0.610. The lowest BCUT2D eigenvalue weighted by atomic mass is 9.92. The second-order valence-corrected chi connectivity index (χ2v) is 8.25. The van der Waals surface area contributed by atoms with Crippen LogP contribution in [0.25, 0.3) is 11.0 Å². The number of carbonyl (C=O) groups is 1. The van der Waals surface area contributed by atoms with Gasteiger partial charge in [0.15, 0.2) is 6.10 Å². The predicted octanol–water partition coefficient (Wildman–Crippen LogP) is 3.38. The number of fused-ring (bicyclic) bond motifs is 3. The molecular formula is C24H24N2O4. The van der Waals surface area contributed by atoms with Gasteiger partial charge in [-0.05, 0) is 68.5 Å². The number of aryl methyl sites for hydroxylation is 2. The normalized spacial score (nSPS) is 16.9. The van der Waals surface area contributed by atoms with E-state index in [0.29, 0.717) is 30.3 Å². The van der Waals surface area contributed by atoms with Crippen molar-refractivity contribution in [2.45, 2.75) is 45.1 Å². The molecule has 2 aliphatic rings. The van der Waals surface area contributed by atoms with E-state index in [-0.39, 0.29) is 11.5 Å². The molecule has 1 saturated heterocycles. The third-order valence-electron chi connectivity index (χ3n) is 6.36. The number of hydrogen-bond acceptors (Lipinski definition) is 5. The maximum Gasteiger partial charge on any atom is 0.339 e. The molecule has 0 radical (unpaired) electrons. The van der Waals surface area contributed by atoms with E-state index in [4.69, 9.17) is 9.15 Å². The Morgan fingerprint density at radius 1 is 1.17 bits per heavy atom. The van der Waals surface area contributed by atoms with Gasteiger partial charge >= 0.3 is 5.63 Å². The molecule has 6 heteroatoms. The van der Waals surface area contributed by atoms with Gasteiger partial charge in [0.2, 0.25) is 0 Å². The zero-order valence-electron chi connectivity index (χ0n) is 17.2. The van der Waals surface area contributed by atoms with E-state index in [1.165, 1.54) is 5.56 Å². The van der Waals surface area contributed by atoms with Crippen LogP contribution in [0.2, 0.25) is 0 Å². The Morgan fingerprint density at radius 3 is 2.67 bits per heavy atom. The van der Waals surface area contributed by atoms with Crippen molar-refractivity contribution >= 4 is 16.9 Å². The highest BCUT2D eigenvalue weighted by Gasteiger charge is 2.34. The summed E-state index contributed by atoms with van der Waals surface area (Å²) in [5.41, 5.74) is 4.19. The molecule has 0 spiro atoms. The van der Waals surface area contributed by atoms with Crippen LogP contribution in [0.15, 0.2) is 45.9 Å². The molecule has 1 aliphatic heterocycles. The van der Waals surface area contributed by atoms with Gasteiger partial charge in [0.1, 0.15) is 11.3 Å². The van der Waals surface area contributed by atoms with E-state index >= 15 is 0 Å². The number of benzene rings is 1. The summed E-state index contributed by atoms with van der Waals surface area (Å²) in [4.78, 5) is 31.0. The van der Waals surface area contributed by atoms with E-state index in [2.05, 4.69) is 4.98 Å². The number of rotatable bonds is 4. The van der Waals surface area contributed by atoms with Gasteiger partial charge < -0.3 is 14.1 Å². The van der Waals surface area contributed by atoms with Gasteiger partial charge in [-0.2, -0.15) is 0 Å². The van der Waals surface area contributed by atoms with Crippen LogP contribution in [-0.2, 0) is 17.6 Å². The van der Waals surface area contributed by atoms with Gasteiger partial charge in [-0.3, -0.25) is 9.78 Å². The average molecular weight is 404 g/mol. The zero-order valence-corrected chi connectivity index (χ0v) is 17.2. The van der Waals surface area contributed by atoms with E-state index < -0.39 is 6.10 Å². The lowest BCUT2D eigenvalue weighted by Crippen LogP contribution is -2.52. The highest BCUT2D eigenvalue weighted by Crippen LogP contribution is 2.34. The highest BCUT2D eigenvalue weighted by molar-refractivity contribution is 5.87. The summed E-state index contributed by atoms with van der Waals surface area (Å²) in [5.74, 6) is 0.897. The minimum absolute atomic E-state index is 0.0322. The summed E-state index contributed by atoms with van der Waals surface area (Å²) in [7, 11) is 0. The molecule has 3 heterocycles. The lowest BCUT2D eigenvalue weighted by Gasteiger charge is -2.40. The largest absolute Gasteiger partial charge is 0.480 e. The average Bonchev–Trinajstić information content (AvgIpc) is 3.21. The van der Waals surface area contributed by atoms with Crippen LogP contribution in [0.1, 0.15) is 41.5 Å². The Balaban J connectivity index is 1.32. The van der Waals surface area contributed by atoms with Gasteiger partial charge in [-0.15, -0.1) is 0 Å². The first kappa shape index (κ1) is 18.9. The van der Waals surface area contributed by atoms with E-state index in [9.17, 15) is 9.59 Å². The van der Waals surface area contributed by atoms with Crippen LogP contribution in [-0.4, -0.2) is 35.0 Å². The van der Waals surface area contributed by atoms with Gasteiger partial charge in [-0.25, -0.2) is 4.79 Å². The van der Waals surface area contributed by atoms with Crippen LogP contribution in [0, 0.1) is 6.92 Å². The number of likely N-dealkylation sites (tertiary alicyclic amines) is 1. The summed E-state index contributed by atoms with van der Waals surface area (Å²) < 4.78 is 11.6. The predicted molar refractivity (Wildman–Crippen MR) is 113 cm³/mol. The molecule has 1 aliphatic carbocycles. The summed E-state index contributed by atoms with van der Waals surface area (Å²) in [6.45, 7) is 5.02. The molecule has 1 fully saturated rings. The number of nitrogens with zero attached hydrogens (tertiary/aromatic N) is 2. The molecule has 1 unspecified atom stereocenters. The molecule has 0 N–H and O–H groups in total. The van der Waals surface area contributed by atoms with Gasteiger partial charge in [0.05, 0.1) is 0 Å². The molecule has 154 valence electrons. The van der Waals surface area contributed by atoms with Crippen molar-refractivity contribution in [1.29, 1.82) is 0 Å². The topological polar surface area (TPSA) is 72.6 Å². The third kappa shape index (κ3) is 3.07. The Hall–Kier alpha value is -3.15. The van der Waals surface area contributed by atoms with Crippen LogP contribution in [0.4, 0.5) is 0 Å². The SMILES string of the molecule is Cc1c(OC(C)C(=O)N2CC(c3ccncc3)C2)ccc2c3c(c(=O)oc12)CCC3. The number of aromatic nitrogens is 1. The van der Waals surface area contributed by atoms with E-state index in [1.54, 1.807) is 19.3 Å². The Labute approximate surface area is 174 Å². The van der Waals surface area contributed by atoms with E-state index in [1.807, 2.05) is 36.1 Å². The first-order valence-corrected chi connectivity index (χ1v) is 10.5. The van der Waals surface area contributed by atoms with Crippen molar-refractivity contribution in [3.05, 3.63) is 69.3 Å². The van der Waals surface area contributed by atoms with Crippen LogP contribution in [0.5, 0.6) is 5.75 Å². The van der Waals surface area contributed by atoms with Crippen molar-refractivity contribution in [2.24, 2.45) is 0 Å². The second kappa shape index (κ2) is 7.27. The molecule has 0 saturated carbocycles. The number of hydrogen-bond donors (Lipinski definition) is 0. The Kier molecular flexibility index (Phi) is 4.57. The first-order chi connectivity index (χ1) is 14.5. The number of pyridine rings is 1. The molecule has 1 atom stereocenters. The molecule has 3 aromatic rings. The van der Waals surface area contributed by atoms with Crippen molar-refractivity contribution in [3.8, 4) is 5.75 Å². The van der Waals surface area contributed by atoms with Crippen molar-refractivity contribution < 1.29 is 13.9 Å². The van der Waals surface area contributed by atoms with Gasteiger partial charge in [-0.1, -0.05) is 0 Å². The molecule has 1 aromatic carbocycles. The van der Waals surface area contributed by atoms with Crippen LogP contribution >= 0.6 is 0 Å². The molecule has 2 aromatic heterocycles. The minimum Gasteiger partial charge on any atom is -0.480 e. The monoisotopic (exact) mass is 404 g/mol. The third-order valence-corrected chi connectivity index (χ3v) is 6.36. The molecule has 0 bridgehead atoms. The zero-order chi connectivity index (χ0) is 20.8. The molecule has 6 nitrogen and oxygen atoms in total. The van der Waals surface area contributed by atoms with E-state index in [0.717, 1.165) is 41.3 Å². The number of amides is 1. The van der Waals surface area contributed by atoms with Crippen LogP contribution in [0.3, 0.4) is 0 Å². The van der Waals surface area contributed by atoms with Crippen molar-refractivity contribution in [2.75, 3.05) is 13.1 Å². The van der Waals surface area contributed by atoms with Crippen molar-refractivity contribution in [3.63, 3.8) is 0 Å². The lowest BCUT2D eigenvalue weighted by molar-refractivity contribution is -0.142. The van der Waals surface area contributed by atoms with Gasteiger partial charge in [0, 0.05) is 47.9 Å². The maximum atomic E-state index is 12.8. The van der Waals surface area contributed by atoms with Crippen LogP contribution < -0.4 is 10.4 Å². The summed E-state index contributed by atoms with van der Waals surface area (Å²) in [6.07, 6.45) is 5.62. The fraction of sp³-hybridized carbons (Fsp3) is 0.375. The summed E-state index contributed by atoms with van der Waals surface area (Å²) in [6, 6.07) is 7.83. The fourth-order valence-electron chi connectivity index (χ4n) is 4.59. The summed E-state index contributed by atoms with van der Waals surface area (Å²) in [5, 5.41) is 0.980.